The molecule has 0 saturated heterocycles. The number of aryl methyl sites for hydroxylation is 2. The highest BCUT2D eigenvalue weighted by Crippen LogP contribution is 2.23. The first-order valence-electron chi connectivity index (χ1n) is 8.88. The normalized spacial score (nSPS) is 10.5. The zero-order valence-electron chi connectivity index (χ0n) is 15.9. The summed E-state index contributed by atoms with van der Waals surface area (Å²) < 4.78 is 5.16. The van der Waals surface area contributed by atoms with E-state index in [1.807, 2.05) is 30.3 Å². The van der Waals surface area contributed by atoms with Crippen molar-refractivity contribution in [1.29, 1.82) is 0 Å². The smallest absolute Gasteiger partial charge is 0.222 e. The Morgan fingerprint density at radius 2 is 1.56 bits per heavy atom. The molecule has 140 valence electrons. The van der Waals surface area contributed by atoms with Crippen molar-refractivity contribution < 1.29 is 4.74 Å². The predicted molar refractivity (Wildman–Crippen MR) is 111 cm³/mol. The number of aromatic nitrogens is 2. The molecule has 0 atom stereocenters. The lowest BCUT2D eigenvalue weighted by molar-refractivity contribution is 0.415. The number of anilines is 3. The van der Waals surface area contributed by atoms with Gasteiger partial charge in [-0.15, -0.1) is 0 Å². The van der Waals surface area contributed by atoms with Crippen LogP contribution in [-0.2, 0) is 0 Å². The van der Waals surface area contributed by atoms with Crippen LogP contribution in [0, 0.1) is 13.8 Å². The van der Waals surface area contributed by atoms with Crippen molar-refractivity contribution in [3.05, 3.63) is 59.7 Å². The van der Waals surface area contributed by atoms with Crippen LogP contribution in [0.15, 0.2) is 48.5 Å². The first-order valence-corrected chi connectivity index (χ1v) is 8.88. The highest BCUT2D eigenvalue weighted by molar-refractivity contribution is 5.65. The molecule has 2 aromatic carbocycles. The van der Waals surface area contributed by atoms with Crippen LogP contribution in [0.3, 0.4) is 0 Å². The monoisotopic (exact) mass is 363 g/mol. The Balaban J connectivity index is 1.62. The molecule has 27 heavy (non-hydrogen) atoms. The fraction of sp³-hybridized carbons (Fsp3) is 0.238. The Morgan fingerprint density at radius 1 is 0.889 bits per heavy atom. The minimum atomic E-state index is 0.261. The predicted octanol–water partition coefficient (Wildman–Crippen LogP) is 3.88. The molecule has 0 aliphatic carbocycles. The van der Waals surface area contributed by atoms with Gasteiger partial charge in [0.2, 0.25) is 5.95 Å². The lowest BCUT2D eigenvalue weighted by Crippen LogP contribution is -2.15. The minimum Gasteiger partial charge on any atom is -0.497 e. The van der Waals surface area contributed by atoms with Gasteiger partial charge in [0.1, 0.15) is 11.6 Å². The Kier molecular flexibility index (Phi) is 5.76. The van der Waals surface area contributed by atoms with Crippen LogP contribution >= 0.6 is 0 Å². The molecule has 0 bridgehead atoms. The molecule has 6 nitrogen and oxygen atoms in total. The standard InChI is InChI=1S/C21H25N5O/c1-14-10-15(2)12-16(11-14)19-13-20(26-21(22)25-19)24-9-8-23-17-4-6-18(27-3)7-5-17/h4-7,10-13,23H,8-9H2,1-3H3,(H3,22,24,25,26). The summed E-state index contributed by atoms with van der Waals surface area (Å²) in [5.74, 6) is 1.82. The number of nitrogens with one attached hydrogen (secondary N) is 2. The van der Waals surface area contributed by atoms with Crippen molar-refractivity contribution in [1.82, 2.24) is 9.97 Å². The van der Waals surface area contributed by atoms with Crippen LogP contribution in [0.25, 0.3) is 11.3 Å². The van der Waals surface area contributed by atoms with Gasteiger partial charge in [-0.2, -0.15) is 4.98 Å². The zero-order chi connectivity index (χ0) is 19.2. The van der Waals surface area contributed by atoms with Crippen molar-refractivity contribution in [2.75, 3.05) is 36.6 Å². The van der Waals surface area contributed by atoms with E-state index in [9.17, 15) is 0 Å². The second-order valence-corrected chi connectivity index (χ2v) is 6.46. The number of nitrogens with two attached hydrogens (primary N) is 1. The number of methoxy groups -OCH3 is 1. The molecule has 0 saturated carbocycles. The van der Waals surface area contributed by atoms with Gasteiger partial charge in [-0.1, -0.05) is 17.2 Å². The highest BCUT2D eigenvalue weighted by Gasteiger charge is 2.06. The molecule has 3 rings (SSSR count). The van der Waals surface area contributed by atoms with Gasteiger partial charge < -0.3 is 21.1 Å². The molecule has 0 aliphatic heterocycles. The quantitative estimate of drug-likeness (QED) is 0.553. The van der Waals surface area contributed by atoms with Gasteiger partial charge in [-0.3, -0.25) is 0 Å². The molecule has 0 spiro atoms. The fourth-order valence-corrected chi connectivity index (χ4v) is 2.93. The number of ether oxygens (including phenoxy) is 1. The van der Waals surface area contributed by atoms with Crippen molar-refractivity contribution >= 4 is 17.5 Å². The van der Waals surface area contributed by atoms with E-state index in [0.717, 1.165) is 29.2 Å². The number of hydrogen-bond acceptors (Lipinski definition) is 6. The summed E-state index contributed by atoms with van der Waals surface area (Å²) in [5.41, 5.74) is 11.2. The number of nitrogens with zero attached hydrogens (tertiary/aromatic N) is 2. The van der Waals surface area contributed by atoms with Crippen molar-refractivity contribution in [3.8, 4) is 17.0 Å². The average Bonchev–Trinajstić information content (AvgIpc) is 2.64. The summed E-state index contributed by atoms with van der Waals surface area (Å²) in [6.07, 6.45) is 0. The maximum absolute atomic E-state index is 5.91. The third-order valence-electron chi connectivity index (χ3n) is 4.11. The van der Waals surface area contributed by atoms with Gasteiger partial charge in [-0.25, -0.2) is 4.98 Å². The largest absolute Gasteiger partial charge is 0.497 e. The maximum atomic E-state index is 5.91. The summed E-state index contributed by atoms with van der Waals surface area (Å²) in [6, 6.07) is 16.1. The second-order valence-electron chi connectivity index (χ2n) is 6.46. The van der Waals surface area contributed by atoms with Gasteiger partial charge in [0.15, 0.2) is 0 Å². The maximum Gasteiger partial charge on any atom is 0.222 e. The molecule has 6 heteroatoms. The summed E-state index contributed by atoms with van der Waals surface area (Å²) in [7, 11) is 1.66. The molecule has 1 heterocycles. The average molecular weight is 363 g/mol. The van der Waals surface area contributed by atoms with E-state index in [1.165, 1.54) is 11.1 Å². The lowest BCUT2D eigenvalue weighted by atomic mass is 10.0. The van der Waals surface area contributed by atoms with E-state index < -0.39 is 0 Å². The first kappa shape index (κ1) is 18.5. The van der Waals surface area contributed by atoms with Crippen LogP contribution in [0.4, 0.5) is 17.5 Å². The summed E-state index contributed by atoms with van der Waals surface area (Å²) >= 11 is 0. The van der Waals surface area contributed by atoms with E-state index in [4.69, 9.17) is 10.5 Å². The number of benzene rings is 2. The molecular weight excluding hydrogens is 338 g/mol. The first-order chi connectivity index (χ1) is 13.0. The third kappa shape index (κ3) is 5.10. The van der Waals surface area contributed by atoms with Crippen molar-refractivity contribution in [3.63, 3.8) is 0 Å². The van der Waals surface area contributed by atoms with Gasteiger partial charge >= 0.3 is 0 Å². The van der Waals surface area contributed by atoms with E-state index in [1.54, 1.807) is 7.11 Å². The van der Waals surface area contributed by atoms with E-state index in [-0.39, 0.29) is 5.95 Å². The fourth-order valence-electron chi connectivity index (χ4n) is 2.93. The van der Waals surface area contributed by atoms with Crippen LogP contribution < -0.4 is 21.1 Å². The molecule has 4 N–H and O–H groups in total. The Hall–Kier alpha value is -3.28. The lowest BCUT2D eigenvalue weighted by Gasteiger charge is -2.11. The molecule has 0 fully saturated rings. The number of hydrogen-bond donors (Lipinski definition) is 3. The van der Waals surface area contributed by atoms with Crippen LogP contribution in [-0.4, -0.2) is 30.2 Å². The second kappa shape index (κ2) is 8.40. The van der Waals surface area contributed by atoms with E-state index >= 15 is 0 Å². The zero-order valence-corrected chi connectivity index (χ0v) is 15.9. The Labute approximate surface area is 159 Å². The molecule has 0 amide bonds. The Morgan fingerprint density at radius 3 is 2.22 bits per heavy atom. The molecule has 0 aliphatic rings. The Bertz CT molecular complexity index is 889. The minimum absolute atomic E-state index is 0.261. The molecule has 0 unspecified atom stereocenters. The molecular formula is C21H25N5O. The van der Waals surface area contributed by atoms with Crippen LogP contribution in [0.1, 0.15) is 11.1 Å². The number of nitrogen functional groups attached to an aromatic ring is 1. The summed E-state index contributed by atoms with van der Waals surface area (Å²) in [5, 5.41) is 6.65. The molecule has 1 aromatic heterocycles. The van der Waals surface area contributed by atoms with Crippen molar-refractivity contribution in [2.45, 2.75) is 13.8 Å². The van der Waals surface area contributed by atoms with Gasteiger partial charge in [0.05, 0.1) is 12.8 Å². The van der Waals surface area contributed by atoms with E-state index in [2.05, 4.69) is 52.6 Å². The van der Waals surface area contributed by atoms with Gasteiger partial charge in [0, 0.05) is 30.4 Å². The third-order valence-corrected chi connectivity index (χ3v) is 4.11. The highest BCUT2D eigenvalue weighted by atomic mass is 16.5. The van der Waals surface area contributed by atoms with Crippen molar-refractivity contribution in [2.24, 2.45) is 0 Å². The topological polar surface area (TPSA) is 85.1 Å². The van der Waals surface area contributed by atoms with Gasteiger partial charge in [0.25, 0.3) is 0 Å². The molecule has 3 aromatic rings. The summed E-state index contributed by atoms with van der Waals surface area (Å²) in [6.45, 7) is 5.60. The summed E-state index contributed by atoms with van der Waals surface area (Å²) in [4.78, 5) is 8.66. The molecule has 0 radical (unpaired) electrons. The van der Waals surface area contributed by atoms with Gasteiger partial charge in [-0.05, 0) is 50.2 Å². The van der Waals surface area contributed by atoms with E-state index in [0.29, 0.717) is 12.4 Å². The SMILES string of the molecule is COc1ccc(NCCNc2cc(-c3cc(C)cc(C)c3)nc(N)n2)cc1. The number of rotatable bonds is 7. The van der Waals surface area contributed by atoms with Crippen LogP contribution in [0.2, 0.25) is 0 Å². The van der Waals surface area contributed by atoms with Crippen LogP contribution in [0.5, 0.6) is 5.75 Å².